The molecule has 3 fully saturated rings. The Balaban J connectivity index is 1.78. The van der Waals surface area contributed by atoms with Crippen molar-refractivity contribution in [2.75, 3.05) is 39.9 Å². The van der Waals surface area contributed by atoms with E-state index in [9.17, 15) is 25.2 Å². The number of rotatable bonds is 13. The van der Waals surface area contributed by atoms with E-state index in [1.807, 2.05) is 0 Å². The van der Waals surface area contributed by atoms with Crippen LogP contribution in [0.4, 0.5) is 0 Å². The van der Waals surface area contributed by atoms with Crippen LogP contribution < -0.4 is 38.7 Å². The zero-order valence-corrected chi connectivity index (χ0v) is 23.6. The second-order valence-corrected chi connectivity index (χ2v) is 11.2. The van der Waals surface area contributed by atoms with Crippen molar-refractivity contribution in [2.45, 2.75) is 105 Å². The average Bonchev–Trinajstić information content (AvgIpc) is 2.91. The fourth-order valence-corrected chi connectivity index (χ4v) is 5.59. The lowest BCUT2D eigenvalue weighted by Gasteiger charge is -2.49. The second kappa shape index (κ2) is 15.6. The van der Waals surface area contributed by atoms with Crippen LogP contribution in [0.3, 0.4) is 0 Å². The van der Waals surface area contributed by atoms with Crippen molar-refractivity contribution in [1.82, 2.24) is 21.4 Å². The monoisotopic (exact) mass is 595 g/mol. The van der Waals surface area contributed by atoms with Crippen LogP contribution in [0.1, 0.15) is 26.2 Å². The number of carbonyl (C=O) groups is 1. The van der Waals surface area contributed by atoms with Gasteiger partial charge in [-0.25, -0.2) is 0 Å². The SMILES string of the molecule is CN[C@@H]1[C@@H](O)[C@@H](O[C@@H]2[C@@H](O)[C@H](O[C@H]3O[C@H](CNCCO)CC[C@H]3N)[C@@H](N)C[C@H]2NC(=O)C(O)CNN)OC[C@]1(C)O. The summed E-state index contributed by atoms with van der Waals surface area (Å²) in [7, 11) is 1.57. The van der Waals surface area contributed by atoms with Gasteiger partial charge in [0.25, 0.3) is 5.91 Å². The van der Waals surface area contributed by atoms with E-state index < -0.39 is 78.8 Å². The van der Waals surface area contributed by atoms with Crippen molar-refractivity contribution in [1.29, 1.82) is 0 Å². The topological polar surface area (TPSA) is 281 Å². The molecule has 3 rings (SSSR count). The lowest BCUT2D eigenvalue weighted by molar-refractivity contribution is -0.307. The highest BCUT2D eigenvalue weighted by Gasteiger charge is 2.52. The quantitative estimate of drug-likeness (QED) is 0.0535. The summed E-state index contributed by atoms with van der Waals surface area (Å²) in [5.74, 6) is 4.44. The number of hydrogen-bond donors (Lipinski definition) is 12. The number of hydrazine groups is 1. The van der Waals surface area contributed by atoms with Gasteiger partial charge in [-0.05, 0) is 33.2 Å². The Hall–Kier alpha value is -1.13. The molecule has 1 amide bonds. The highest BCUT2D eigenvalue weighted by atomic mass is 16.7. The maximum absolute atomic E-state index is 12.6. The Bertz CT molecular complexity index is 817. The average molecular weight is 596 g/mol. The molecule has 2 saturated heterocycles. The van der Waals surface area contributed by atoms with Gasteiger partial charge in [0.2, 0.25) is 0 Å². The van der Waals surface area contributed by atoms with Crippen molar-refractivity contribution >= 4 is 5.91 Å². The summed E-state index contributed by atoms with van der Waals surface area (Å²) in [4.78, 5) is 12.6. The number of amides is 1. The standard InChI is InChI=1S/C24H49N7O10/c1-24(37)10-38-23(17(35)20(24)28-2)41-19-14(31-21(36)15(33)9-30-27)7-13(26)18(16(19)34)40-22-12(25)4-3-11(39-22)8-29-5-6-32/h11-20,22-23,28-30,32-35,37H,3-10,25-27H2,1-2H3,(H,31,36)/t11-,12+,13-,14+,15?,16-,17+,18+,19-,20+,22+,23+,24-/m0/s1. The summed E-state index contributed by atoms with van der Waals surface area (Å²) in [5.41, 5.74) is 13.5. The summed E-state index contributed by atoms with van der Waals surface area (Å²) in [6, 6.07) is -3.07. The molecule has 0 radical (unpaired) electrons. The lowest BCUT2D eigenvalue weighted by Crippen LogP contribution is -2.69. The first-order valence-electron chi connectivity index (χ1n) is 14.0. The van der Waals surface area contributed by atoms with Gasteiger partial charge in [0.05, 0.1) is 37.4 Å². The van der Waals surface area contributed by atoms with Crippen LogP contribution in [0.25, 0.3) is 0 Å². The number of nitrogens with one attached hydrogen (secondary N) is 4. The maximum Gasteiger partial charge on any atom is 0.250 e. The van der Waals surface area contributed by atoms with E-state index >= 15 is 0 Å². The van der Waals surface area contributed by atoms with Gasteiger partial charge in [-0.2, -0.15) is 0 Å². The van der Waals surface area contributed by atoms with E-state index in [2.05, 4.69) is 21.4 Å². The summed E-state index contributed by atoms with van der Waals surface area (Å²) in [6.45, 7) is 1.96. The number of hydrogen-bond acceptors (Lipinski definition) is 16. The number of aliphatic hydroxyl groups excluding tert-OH is 4. The highest BCUT2D eigenvalue weighted by Crippen LogP contribution is 2.32. The minimum Gasteiger partial charge on any atom is -0.395 e. The molecule has 17 heteroatoms. The Kier molecular flexibility index (Phi) is 13.0. The van der Waals surface area contributed by atoms with E-state index in [1.54, 1.807) is 7.05 Å². The summed E-state index contributed by atoms with van der Waals surface area (Å²) < 4.78 is 23.8. The largest absolute Gasteiger partial charge is 0.395 e. The van der Waals surface area contributed by atoms with Crippen LogP contribution >= 0.6 is 0 Å². The molecule has 0 aromatic heterocycles. The van der Waals surface area contributed by atoms with Gasteiger partial charge in [-0.15, -0.1) is 0 Å². The maximum atomic E-state index is 12.6. The smallest absolute Gasteiger partial charge is 0.250 e. The van der Waals surface area contributed by atoms with E-state index in [0.717, 1.165) is 0 Å². The summed E-state index contributed by atoms with van der Waals surface area (Å²) >= 11 is 0. The Morgan fingerprint density at radius 3 is 2.49 bits per heavy atom. The molecule has 13 atom stereocenters. The molecule has 1 aliphatic carbocycles. The van der Waals surface area contributed by atoms with E-state index in [-0.39, 0.29) is 32.3 Å². The van der Waals surface area contributed by atoms with Gasteiger partial charge in [-0.1, -0.05) is 0 Å². The first kappa shape index (κ1) is 34.4. The molecule has 2 heterocycles. The molecule has 3 aliphatic rings. The van der Waals surface area contributed by atoms with Crippen LogP contribution in [0.5, 0.6) is 0 Å². The summed E-state index contributed by atoms with van der Waals surface area (Å²) in [6.07, 6.45) is -7.69. The zero-order chi connectivity index (χ0) is 30.3. The molecule has 15 N–H and O–H groups in total. The zero-order valence-electron chi connectivity index (χ0n) is 23.6. The predicted octanol–water partition coefficient (Wildman–Crippen LogP) is -6.37. The van der Waals surface area contributed by atoms with Crippen LogP contribution in [0.2, 0.25) is 0 Å². The third-order valence-corrected chi connectivity index (χ3v) is 7.84. The van der Waals surface area contributed by atoms with Crippen molar-refractivity contribution in [3.63, 3.8) is 0 Å². The minimum atomic E-state index is -1.49. The highest BCUT2D eigenvalue weighted by molar-refractivity contribution is 5.81. The van der Waals surface area contributed by atoms with Gasteiger partial charge in [0.15, 0.2) is 12.6 Å². The molecule has 41 heavy (non-hydrogen) atoms. The fourth-order valence-electron chi connectivity index (χ4n) is 5.59. The third-order valence-electron chi connectivity index (χ3n) is 7.84. The Morgan fingerprint density at radius 1 is 1.12 bits per heavy atom. The van der Waals surface area contributed by atoms with Crippen LogP contribution in [-0.4, -0.2) is 150 Å². The van der Waals surface area contributed by atoms with E-state index in [1.165, 1.54) is 6.92 Å². The number of aliphatic hydroxyl groups is 5. The number of carbonyl (C=O) groups excluding carboxylic acids is 1. The minimum absolute atomic E-state index is 0.0137. The first-order valence-corrected chi connectivity index (χ1v) is 14.0. The molecule has 0 aromatic rings. The third kappa shape index (κ3) is 8.71. The van der Waals surface area contributed by atoms with Crippen LogP contribution in [0, 0.1) is 0 Å². The van der Waals surface area contributed by atoms with Gasteiger partial charge in [0.1, 0.15) is 36.1 Å². The fraction of sp³-hybridized carbons (Fsp3) is 0.958. The predicted molar refractivity (Wildman–Crippen MR) is 144 cm³/mol. The van der Waals surface area contributed by atoms with Gasteiger partial charge in [-0.3, -0.25) is 16.1 Å². The molecule has 0 spiro atoms. The Labute approximate surface area is 239 Å². The Morgan fingerprint density at radius 2 is 1.83 bits per heavy atom. The van der Waals surface area contributed by atoms with E-state index in [0.29, 0.717) is 25.9 Å². The molecule has 1 unspecified atom stereocenters. The molecular formula is C24H49N7O10. The number of ether oxygens (including phenoxy) is 4. The molecule has 2 aliphatic heterocycles. The van der Waals surface area contributed by atoms with Gasteiger partial charge in [0, 0.05) is 25.7 Å². The molecule has 0 aromatic carbocycles. The first-order chi connectivity index (χ1) is 19.4. The van der Waals surface area contributed by atoms with Crippen molar-refractivity contribution in [3.05, 3.63) is 0 Å². The second-order valence-electron chi connectivity index (χ2n) is 11.2. The van der Waals surface area contributed by atoms with Crippen LogP contribution in [0.15, 0.2) is 0 Å². The molecule has 1 saturated carbocycles. The molecule has 240 valence electrons. The molecule has 0 bridgehead atoms. The lowest BCUT2D eigenvalue weighted by atomic mass is 9.83. The molecule has 17 nitrogen and oxygen atoms in total. The van der Waals surface area contributed by atoms with Crippen molar-refractivity contribution in [2.24, 2.45) is 17.3 Å². The van der Waals surface area contributed by atoms with Gasteiger partial charge >= 0.3 is 0 Å². The number of nitrogens with two attached hydrogens (primary N) is 3. The van der Waals surface area contributed by atoms with Crippen molar-refractivity contribution in [3.8, 4) is 0 Å². The summed E-state index contributed by atoms with van der Waals surface area (Å²) in [5, 5.41) is 60.7. The van der Waals surface area contributed by atoms with Gasteiger partial charge < -0.3 is 71.9 Å². The van der Waals surface area contributed by atoms with Crippen LogP contribution in [-0.2, 0) is 23.7 Å². The van der Waals surface area contributed by atoms with Crippen molar-refractivity contribution < 1.29 is 49.3 Å². The normalized spacial score (nSPS) is 42.5. The number of likely N-dealkylation sites (N-methyl/N-ethyl adjacent to an activating group) is 1. The molecular weight excluding hydrogens is 546 g/mol. The van der Waals surface area contributed by atoms with E-state index in [4.69, 9.17) is 41.4 Å².